The van der Waals surface area contributed by atoms with Crippen molar-refractivity contribution in [3.63, 3.8) is 0 Å². The van der Waals surface area contributed by atoms with Crippen LogP contribution in [0, 0.1) is 22.9 Å². The maximum atomic E-state index is 13.4. The van der Waals surface area contributed by atoms with E-state index >= 15 is 0 Å². The fourth-order valence-corrected chi connectivity index (χ4v) is 2.92. The monoisotopic (exact) mass is 388 g/mol. The van der Waals surface area contributed by atoms with Gasteiger partial charge in [0, 0.05) is 11.8 Å². The number of rotatable bonds is 5. The number of carbonyl (C=O) groups is 1. The van der Waals surface area contributed by atoms with Gasteiger partial charge in [0.1, 0.15) is 5.15 Å². The lowest BCUT2D eigenvalue weighted by Crippen LogP contribution is -2.13. The smallest absolute Gasteiger partial charge is 0.306 e. The van der Waals surface area contributed by atoms with Crippen molar-refractivity contribution in [1.29, 1.82) is 0 Å². The molecular formula is C18H14ClFN4O3. The van der Waals surface area contributed by atoms with Crippen molar-refractivity contribution < 1.29 is 14.1 Å². The summed E-state index contributed by atoms with van der Waals surface area (Å²) in [4.78, 5) is 22.5. The van der Waals surface area contributed by atoms with Gasteiger partial charge in [0.15, 0.2) is 0 Å². The maximum absolute atomic E-state index is 13.4. The molecule has 0 radical (unpaired) electrons. The fourth-order valence-electron chi connectivity index (χ4n) is 2.60. The normalized spacial score (nSPS) is 10.6. The minimum Gasteiger partial charge on any atom is -0.322 e. The van der Waals surface area contributed by atoms with Gasteiger partial charge >= 0.3 is 5.69 Å². The zero-order valence-electron chi connectivity index (χ0n) is 14.1. The Morgan fingerprint density at radius 2 is 2.00 bits per heavy atom. The number of aromatic nitrogens is 2. The number of aryl methyl sites for hydroxylation is 1. The highest BCUT2D eigenvalue weighted by Gasteiger charge is 2.22. The minimum absolute atomic E-state index is 0.0828. The van der Waals surface area contributed by atoms with Gasteiger partial charge in [-0.05, 0) is 24.6 Å². The summed E-state index contributed by atoms with van der Waals surface area (Å²) >= 11 is 6.32. The van der Waals surface area contributed by atoms with E-state index in [2.05, 4.69) is 10.4 Å². The van der Waals surface area contributed by atoms with E-state index in [4.69, 9.17) is 11.6 Å². The first kappa shape index (κ1) is 18.5. The summed E-state index contributed by atoms with van der Waals surface area (Å²) in [6.45, 7) is 2.02. The molecule has 1 aromatic heterocycles. The Hall–Kier alpha value is -3.26. The van der Waals surface area contributed by atoms with Gasteiger partial charge in [-0.1, -0.05) is 41.9 Å². The number of nitro benzene ring substituents is 1. The second-order valence-electron chi connectivity index (χ2n) is 5.77. The van der Waals surface area contributed by atoms with Crippen LogP contribution >= 0.6 is 11.6 Å². The van der Waals surface area contributed by atoms with Crippen molar-refractivity contribution in [3.05, 3.63) is 86.4 Å². The number of nitrogens with zero attached hydrogens (tertiary/aromatic N) is 3. The molecule has 0 spiro atoms. The van der Waals surface area contributed by atoms with Gasteiger partial charge in [0.05, 0.1) is 22.7 Å². The third-order valence-electron chi connectivity index (χ3n) is 3.87. The second kappa shape index (κ2) is 7.55. The van der Waals surface area contributed by atoms with Crippen molar-refractivity contribution >= 4 is 28.9 Å². The molecule has 0 aliphatic carbocycles. The third-order valence-corrected chi connectivity index (χ3v) is 4.25. The van der Waals surface area contributed by atoms with Crippen molar-refractivity contribution in [2.75, 3.05) is 5.32 Å². The van der Waals surface area contributed by atoms with E-state index in [-0.39, 0.29) is 16.4 Å². The van der Waals surface area contributed by atoms with Crippen LogP contribution in [-0.4, -0.2) is 20.6 Å². The largest absolute Gasteiger partial charge is 0.322 e. The number of nitrogens with one attached hydrogen (secondary N) is 1. The average Bonchev–Trinajstić information content (AvgIpc) is 2.90. The number of carbonyl (C=O) groups excluding carboxylic acids is 1. The predicted octanol–water partition coefficient (Wildman–Crippen LogP) is 4.19. The van der Waals surface area contributed by atoms with Gasteiger partial charge in [0.25, 0.3) is 5.91 Å². The van der Waals surface area contributed by atoms with Crippen LogP contribution in [0.15, 0.2) is 48.5 Å². The first-order chi connectivity index (χ1) is 12.9. The molecule has 0 saturated heterocycles. The Morgan fingerprint density at radius 3 is 2.67 bits per heavy atom. The first-order valence-corrected chi connectivity index (χ1v) is 8.26. The number of benzene rings is 2. The molecular weight excluding hydrogens is 375 g/mol. The highest BCUT2D eigenvalue weighted by atomic mass is 35.5. The molecule has 0 fully saturated rings. The number of nitro groups is 1. The SMILES string of the molecule is Cc1nn(Cc2ccccc2)c(Cl)c1C(=O)Nc1ccc(F)c([N+](=O)[O-])c1. The van der Waals surface area contributed by atoms with E-state index in [1.54, 1.807) is 6.92 Å². The number of halogens is 2. The van der Waals surface area contributed by atoms with Crippen molar-refractivity contribution in [2.24, 2.45) is 0 Å². The second-order valence-corrected chi connectivity index (χ2v) is 6.13. The third kappa shape index (κ3) is 3.95. The summed E-state index contributed by atoms with van der Waals surface area (Å²) < 4.78 is 14.9. The van der Waals surface area contributed by atoms with E-state index in [1.165, 1.54) is 10.7 Å². The molecule has 0 bridgehead atoms. The van der Waals surface area contributed by atoms with Gasteiger partial charge in [-0.25, -0.2) is 4.68 Å². The Balaban J connectivity index is 1.85. The molecule has 0 aliphatic heterocycles. The van der Waals surface area contributed by atoms with E-state index in [0.717, 1.165) is 17.7 Å². The van der Waals surface area contributed by atoms with E-state index in [0.29, 0.717) is 12.2 Å². The van der Waals surface area contributed by atoms with Crippen molar-refractivity contribution in [2.45, 2.75) is 13.5 Å². The first-order valence-electron chi connectivity index (χ1n) is 7.89. The number of hydrogen-bond acceptors (Lipinski definition) is 4. The van der Waals surface area contributed by atoms with Gasteiger partial charge < -0.3 is 5.32 Å². The fraction of sp³-hybridized carbons (Fsp3) is 0.111. The molecule has 1 heterocycles. The minimum atomic E-state index is -0.983. The Morgan fingerprint density at radius 1 is 1.30 bits per heavy atom. The Bertz CT molecular complexity index is 1020. The van der Waals surface area contributed by atoms with Gasteiger partial charge in [-0.2, -0.15) is 9.49 Å². The van der Waals surface area contributed by atoms with E-state index in [9.17, 15) is 19.3 Å². The summed E-state index contributed by atoms with van der Waals surface area (Å²) in [6, 6.07) is 12.6. The Kier molecular flexibility index (Phi) is 5.18. The van der Waals surface area contributed by atoms with Crippen molar-refractivity contribution in [3.8, 4) is 0 Å². The number of amides is 1. The lowest BCUT2D eigenvalue weighted by Gasteiger charge is -2.06. The van der Waals surface area contributed by atoms with Crippen LogP contribution in [0.5, 0.6) is 0 Å². The zero-order chi connectivity index (χ0) is 19.6. The van der Waals surface area contributed by atoms with Crippen LogP contribution in [0.4, 0.5) is 15.8 Å². The zero-order valence-corrected chi connectivity index (χ0v) is 14.9. The molecule has 0 aliphatic rings. The van der Waals surface area contributed by atoms with Crippen LogP contribution in [-0.2, 0) is 6.54 Å². The molecule has 3 aromatic rings. The van der Waals surface area contributed by atoms with Gasteiger partial charge in [-0.15, -0.1) is 0 Å². The standard InChI is InChI=1S/C18H14ClFN4O3/c1-11-16(17(19)23(22-11)10-12-5-3-2-4-6-12)18(25)21-13-7-8-14(20)15(9-13)24(26)27/h2-9H,10H2,1H3,(H,21,25). The van der Waals surface area contributed by atoms with Crippen LogP contribution in [0.3, 0.4) is 0 Å². The summed E-state index contributed by atoms with van der Waals surface area (Å²) in [5.74, 6) is -1.57. The average molecular weight is 389 g/mol. The molecule has 2 aromatic carbocycles. The predicted molar refractivity (Wildman–Crippen MR) is 98.5 cm³/mol. The molecule has 0 unspecified atom stereocenters. The molecule has 0 atom stereocenters. The Labute approximate surface area is 158 Å². The lowest BCUT2D eigenvalue weighted by atomic mass is 10.2. The van der Waals surface area contributed by atoms with Crippen LogP contribution in [0.2, 0.25) is 5.15 Å². The molecule has 0 saturated carbocycles. The topological polar surface area (TPSA) is 90.1 Å². The van der Waals surface area contributed by atoms with Crippen LogP contribution < -0.4 is 5.32 Å². The van der Waals surface area contributed by atoms with Crippen molar-refractivity contribution in [1.82, 2.24) is 9.78 Å². The highest BCUT2D eigenvalue weighted by molar-refractivity contribution is 6.33. The van der Waals surface area contributed by atoms with Crippen LogP contribution in [0.1, 0.15) is 21.6 Å². The number of hydrogen-bond donors (Lipinski definition) is 1. The van der Waals surface area contributed by atoms with E-state index in [1.807, 2.05) is 30.3 Å². The quantitative estimate of drug-likeness (QED) is 0.524. The molecule has 1 N–H and O–H groups in total. The van der Waals surface area contributed by atoms with Gasteiger partial charge in [-0.3, -0.25) is 14.9 Å². The van der Waals surface area contributed by atoms with Gasteiger partial charge in [0.2, 0.25) is 5.82 Å². The van der Waals surface area contributed by atoms with E-state index < -0.39 is 22.3 Å². The summed E-state index contributed by atoms with van der Waals surface area (Å²) in [5.41, 5.74) is 0.877. The lowest BCUT2D eigenvalue weighted by molar-refractivity contribution is -0.387. The number of anilines is 1. The molecule has 7 nitrogen and oxygen atoms in total. The molecule has 27 heavy (non-hydrogen) atoms. The summed E-state index contributed by atoms with van der Waals surface area (Å²) in [5, 5.41) is 17.8. The molecule has 138 valence electrons. The highest BCUT2D eigenvalue weighted by Crippen LogP contribution is 2.25. The molecule has 3 rings (SSSR count). The summed E-state index contributed by atoms with van der Waals surface area (Å²) in [6.07, 6.45) is 0. The summed E-state index contributed by atoms with van der Waals surface area (Å²) in [7, 11) is 0. The molecule has 9 heteroatoms. The molecule has 1 amide bonds. The maximum Gasteiger partial charge on any atom is 0.306 e. The van der Waals surface area contributed by atoms with Crippen LogP contribution in [0.25, 0.3) is 0 Å².